The van der Waals surface area contributed by atoms with Crippen LogP contribution >= 0.6 is 0 Å². The van der Waals surface area contributed by atoms with Crippen LogP contribution in [-0.2, 0) is 0 Å². The molecule has 1 fully saturated rings. The van der Waals surface area contributed by atoms with Crippen molar-refractivity contribution in [1.82, 2.24) is 15.3 Å². The average Bonchev–Trinajstić information content (AvgIpc) is 2.61. The van der Waals surface area contributed by atoms with Crippen molar-refractivity contribution >= 4 is 5.82 Å². The minimum atomic E-state index is -0.810. The van der Waals surface area contributed by atoms with Crippen LogP contribution in [0.25, 0.3) is 11.3 Å². The Labute approximate surface area is 157 Å². The van der Waals surface area contributed by atoms with Gasteiger partial charge in [-0.3, -0.25) is 4.98 Å². The zero-order chi connectivity index (χ0) is 19.2. The molecule has 144 valence electrons. The third kappa shape index (κ3) is 4.46. The van der Waals surface area contributed by atoms with E-state index in [9.17, 15) is 5.11 Å². The van der Waals surface area contributed by atoms with Crippen molar-refractivity contribution in [3.05, 3.63) is 48.3 Å². The van der Waals surface area contributed by atoms with E-state index in [1.54, 1.807) is 6.07 Å². The molecule has 1 aromatic carbocycles. The van der Waals surface area contributed by atoms with Gasteiger partial charge in [-0.1, -0.05) is 12.5 Å². The predicted molar refractivity (Wildman–Crippen MR) is 101 cm³/mol. The van der Waals surface area contributed by atoms with Crippen LogP contribution in [0.4, 0.5) is 10.2 Å². The average molecular weight is 373 g/mol. The smallest absolute Gasteiger partial charge is 0.174 e. The minimum absolute atomic E-state index is 0.0427. The number of hydrogen-bond acceptors (Lipinski definition) is 7. The number of benzene rings is 1. The molecule has 6 N–H and O–H groups in total. The van der Waals surface area contributed by atoms with E-state index in [0.29, 0.717) is 11.3 Å². The van der Waals surface area contributed by atoms with Crippen LogP contribution in [0, 0.1) is 5.82 Å². The van der Waals surface area contributed by atoms with Crippen molar-refractivity contribution in [2.75, 3.05) is 18.9 Å². The molecule has 1 unspecified atom stereocenters. The molecule has 0 radical (unpaired) electrons. The number of halogens is 1. The number of aromatic nitrogens is 2. The number of nitrogens with one attached hydrogen (secondary N) is 1. The molecule has 3 rings (SSSR count). The van der Waals surface area contributed by atoms with E-state index in [0.717, 1.165) is 24.8 Å². The van der Waals surface area contributed by atoms with Gasteiger partial charge in [0, 0.05) is 30.1 Å². The van der Waals surface area contributed by atoms with Crippen molar-refractivity contribution in [3.8, 4) is 17.0 Å². The van der Waals surface area contributed by atoms with E-state index in [4.69, 9.17) is 16.2 Å². The first-order valence-electron chi connectivity index (χ1n) is 8.91. The lowest BCUT2D eigenvalue weighted by Gasteiger charge is -2.28. The van der Waals surface area contributed by atoms with E-state index in [-0.39, 0.29) is 30.6 Å². The molecule has 1 saturated carbocycles. The lowest BCUT2D eigenvalue weighted by Crippen LogP contribution is -2.29. The summed E-state index contributed by atoms with van der Waals surface area (Å²) in [5, 5.41) is 12.9. The molecule has 1 aliphatic rings. The minimum Gasteiger partial charge on any atom is -0.487 e. The molecule has 2 aromatic rings. The molecule has 1 aliphatic carbocycles. The second-order valence-corrected chi connectivity index (χ2v) is 6.53. The molecule has 0 bridgehead atoms. The summed E-state index contributed by atoms with van der Waals surface area (Å²) < 4.78 is 21.0. The van der Waals surface area contributed by atoms with Crippen molar-refractivity contribution in [2.45, 2.75) is 31.3 Å². The van der Waals surface area contributed by atoms with Gasteiger partial charge in [0.2, 0.25) is 0 Å². The first-order chi connectivity index (χ1) is 13.1. The van der Waals surface area contributed by atoms with Crippen LogP contribution in [0.2, 0.25) is 0 Å². The summed E-state index contributed by atoms with van der Waals surface area (Å²) in [6.07, 6.45) is 7.98. The van der Waals surface area contributed by atoms with Gasteiger partial charge < -0.3 is 26.6 Å². The molecule has 0 spiro atoms. The number of nitrogens with zero attached hydrogens (tertiary/aromatic N) is 2. The number of ether oxygens (including phenoxy) is 1. The number of aliphatic hydroxyl groups is 1. The molecule has 27 heavy (non-hydrogen) atoms. The van der Waals surface area contributed by atoms with Crippen molar-refractivity contribution in [3.63, 3.8) is 0 Å². The number of anilines is 1. The van der Waals surface area contributed by atoms with Crippen molar-refractivity contribution in [2.24, 2.45) is 5.73 Å². The van der Waals surface area contributed by atoms with Crippen LogP contribution in [0.1, 0.15) is 30.7 Å². The first kappa shape index (κ1) is 18.9. The SMILES string of the molecule is N/C=C\NCC(O)COc1c(C2CCC2)ccc(-c2cnc(N)cn2)c1F. The van der Waals surface area contributed by atoms with Gasteiger partial charge in [-0.25, -0.2) is 9.37 Å². The van der Waals surface area contributed by atoms with Gasteiger partial charge in [0.25, 0.3) is 0 Å². The van der Waals surface area contributed by atoms with E-state index in [2.05, 4.69) is 15.3 Å². The van der Waals surface area contributed by atoms with E-state index in [1.807, 2.05) is 6.07 Å². The summed E-state index contributed by atoms with van der Waals surface area (Å²) in [7, 11) is 0. The quantitative estimate of drug-likeness (QED) is 0.558. The zero-order valence-corrected chi connectivity index (χ0v) is 14.9. The normalized spacial score (nSPS) is 15.5. The van der Waals surface area contributed by atoms with Gasteiger partial charge in [-0.05, 0) is 24.8 Å². The second-order valence-electron chi connectivity index (χ2n) is 6.53. The Kier molecular flexibility index (Phi) is 6.08. The maximum Gasteiger partial charge on any atom is 0.174 e. The number of nitrogens with two attached hydrogens (primary N) is 2. The lowest BCUT2D eigenvalue weighted by atomic mass is 9.79. The fourth-order valence-electron chi connectivity index (χ4n) is 2.94. The second kappa shape index (κ2) is 8.68. The molecule has 1 atom stereocenters. The molecule has 0 aliphatic heterocycles. The highest BCUT2D eigenvalue weighted by molar-refractivity contribution is 5.64. The summed E-state index contributed by atoms with van der Waals surface area (Å²) in [5.74, 6) is 0.213. The molecule has 0 amide bonds. The highest BCUT2D eigenvalue weighted by Gasteiger charge is 2.27. The first-order valence-corrected chi connectivity index (χ1v) is 8.91. The van der Waals surface area contributed by atoms with Crippen molar-refractivity contribution in [1.29, 1.82) is 0 Å². The van der Waals surface area contributed by atoms with E-state index >= 15 is 4.39 Å². The molecule has 0 saturated heterocycles. The molecular weight excluding hydrogens is 349 g/mol. The number of rotatable bonds is 8. The molecule has 1 aromatic heterocycles. The molecule has 7 nitrogen and oxygen atoms in total. The number of hydrogen-bond donors (Lipinski definition) is 4. The molecule has 8 heteroatoms. The largest absolute Gasteiger partial charge is 0.487 e. The predicted octanol–water partition coefficient (Wildman–Crippen LogP) is 1.89. The summed E-state index contributed by atoms with van der Waals surface area (Å²) in [4.78, 5) is 8.11. The summed E-state index contributed by atoms with van der Waals surface area (Å²) in [6, 6.07) is 3.57. The highest BCUT2D eigenvalue weighted by Crippen LogP contribution is 2.43. The van der Waals surface area contributed by atoms with Crippen LogP contribution in [0.15, 0.2) is 36.9 Å². The highest BCUT2D eigenvalue weighted by atomic mass is 19.1. The summed E-state index contributed by atoms with van der Waals surface area (Å²) in [6.45, 7) is 0.204. The maximum atomic E-state index is 15.2. The maximum absolute atomic E-state index is 15.2. The zero-order valence-electron chi connectivity index (χ0n) is 14.9. The van der Waals surface area contributed by atoms with E-state index in [1.165, 1.54) is 24.8 Å². The number of aliphatic hydroxyl groups excluding tert-OH is 1. The van der Waals surface area contributed by atoms with Gasteiger partial charge >= 0.3 is 0 Å². The van der Waals surface area contributed by atoms with Gasteiger partial charge in [0.15, 0.2) is 11.6 Å². The Balaban J connectivity index is 1.84. The van der Waals surface area contributed by atoms with Crippen LogP contribution < -0.4 is 21.5 Å². The van der Waals surface area contributed by atoms with Gasteiger partial charge in [0.1, 0.15) is 18.5 Å². The third-order valence-electron chi connectivity index (χ3n) is 4.61. The van der Waals surface area contributed by atoms with Gasteiger partial charge in [-0.15, -0.1) is 0 Å². The summed E-state index contributed by atoms with van der Waals surface area (Å²) in [5.41, 5.74) is 12.3. The Morgan fingerprint density at radius 3 is 2.78 bits per heavy atom. The van der Waals surface area contributed by atoms with Crippen LogP contribution in [0.5, 0.6) is 5.75 Å². The topological polar surface area (TPSA) is 119 Å². The molecule has 1 heterocycles. The van der Waals surface area contributed by atoms with Crippen LogP contribution in [-0.4, -0.2) is 34.3 Å². The third-order valence-corrected chi connectivity index (χ3v) is 4.61. The Bertz CT molecular complexity index is 793. The fraction of sp³-hybridized carbons (Fsp3) is 0.368. The van der Waals surface area contributed by atoms with Crippen LogP contribution in [0.3, 0.4) is 0 Å². The fourth-order valence-corrected chi connectivity index (χ4v) is 2.94. The number of nitrogen functional groups attached to an aromatic ring is 1. The Hall–Kier alpha value is -2.87. The standard InChI is InChI=1S/C19H24FN5O2/c20-18-15(16-9-25-17(22)10-24-16)5-4-14(12-2-1-3-12)19(18)27-11-13(26)8-23-7-6-21/h4-7,9-10,12-13,23,26H,1-3,8,11,21H2,(H2,22,25)/b7-6-. The van der Waals surface area contributed by atoms with E-state index < -0.39 is 11.9 Å². The lowest BCUT2D eigenvalue weighted by molar-refractivity contribution is 0.106. The monoisotopic (exact) mass is 373 g/mol. The van der Waals surface area contributed by atoms with Gasteiger partial charge in [0.05, 0.1) is 18.1 Å². The Morgan fingerprint density at radius 1 is 1.33 bits per heavy atom. The van der Waals surface area contributed by atoms with Gasteiger partial charge in [-0.2, -0.15) is 0 Å². The molecular formula is C19H24FN5O2. The Morgan fingerprint density at radius 2 is 2.15 bits per heavy atom. The summed E-state index contributed by atoms with van der Waals surface area (Å²) >= 11 is 0. The van der Waals surface area contributed by atoms with Crippen molar-refractivity contribution < 1.29 is 14.2 Å².